The van der Waals surface area contributed by atoms with Crippen LogP contribution in [0.15, 0.2) is 58.4 Å². The number of H-pyrrole nitrogens is 1. The average Bonchev–Trinajstić information content (AvgIpc) is 3.40. The van der Waals surface area contributed by atoms with Crippen molar-refractivity contribution in [3.63, 3.8) is 0 Å². The summed E-state index contributed by atoms with van der Waals surface area (Å²) in [5, 5.41) is 10.3. The molecule has 0 aliphatic heterocycles. The van der Waals surface area contributed by atoms with Gasteiger partial charge in [0, 0.05) is 22.7 Å². The standard InChI is InChI=1S/C18H16N4O3S/c1-24-16(23)11-26-18-21-20-17(22(18)10-12-5-4-8-25-12)14-9-19-15-7-3-2-6-13(14)15/h2-9,19H,10-11H2,1H3. The third kappa shape index (κ3) is 3.11. The average molecular weight is 368 g/mol. The van der Waals surface area contributed by atoms with Gasteiger partial charge in [-0.15, -0.1) is 10.2 Å². The van der Waals surface area contributed by atoms with Gasteiger partial charge in [0.25, 0.3) is 0 Å². The summed E-state index contributed by atoms with van der Waals surface area (Å²) in [4.78, 5) is 14.8. The lowest BCUT2D eigenvalue weighted by Crippen LogP contribution is -2.07. The molecule has 1 N–H and O–H groups in total. The molecule has 0 spiro atoms. The molecule has 4 aromatic rings. The molecule has 0 radical (unpaired) electrons. The maximum Gasteiger partial charge on any atom is 0.316 e. The second-order valence-electron chi connectivity index (χ2n) is 5.58. The summed E-state index contributed by atoms with van der Waals surface area (Å²) < 4.78 is 12.1. The summed E-state index contributed by atoms with van der Waals surface area (Å²) in [7, 11) is 1.37. The van der Waals surface area contributed by atoms with Crippen molar-refractivity contribution in [2.24, 2.45) is 0 Å². The number of carbonyl (C=O) groups excluding carboxylic acids is 1. The van der Waals surface area contributed by atoms with Crippen molar-refractivity contribution >= 4 is 28.6 Å². The summed E-state index contributed by atoms with van der Waals surface area (Å²) >= 11 is 1.29. The van der Waals surface area contributed by atoms with E-state index < -0.39 is 0 Å². The Labute approximate surface area is 153 Å². The van der Waals surface area contributed by atoms with E-state index in [2.05, 4.69) is 15.2 Å². The predicted molar refractivity (Wildman–Crippen MR) is 97.9 cm³/mol. The van der Waals surface area contributed by atoms with Crippen LogP contribution >= 0.6 is 11.8 Å². The normalized spacial score (nSPS) is 11.1. The van der Waals surface area contributed by atoms with Crippen LogP contribution in [0, 0.1) is 0 Å². The third-order valence-corrected chi connectivity index (χ3v) is 4.93. The lowest BCUT2D eigenvalue weighted by atomic mass is 10.1. The molecular weight excluding hydrogens is 352 g/mol. The highest BCUT2D eigenvalue weighted by molar-refractivity contribution is 7.99. The minimum Gasteiger partial charge on any atom is -0.468 e. The minimum atomic E-state index is -0.309. The number of hydrogen-bond donors (Lipinski definition) is 1. The van der Waals surface area contributed by atoms with Gasteiger partial charge in [0.1, 0.15) is 5.76 Å². The number of para-hydroxylation sites is 1. The zero-order valence-electron chi connectivity index (χ0n) is 14.0. The molecule has 7 nitrogen and oxygen atoms in total. The predicted octanol–water partition coefficient (Wildman–Crippen LogP) is 3.33. The Morgan fingerprint density at radius 3 is 2.96 bits per heavy atom. The van der Waals surface area contributed by atoms with E-state index in [1.807, 2.05) is 47.2 Å². The van der Waals surface area contributed by atoms with Gasteiger partial charge in [-0.3, -0.25) is 9.36 Å². The summed E-state index contributed by atoms with van der Waals surface area (Å²) in [6.45, 7) is 0.471. The molecule has 0 amide bonds. The fraction of sp³-hybridized carbons (Fsp3) is 0.167. The van der Waals surface area contributed by atoms with Crippen LogP contribution in [0.3, 0.4) is 0 Å². The van der Waals surface area contributed by atoms with Crippen molar-refractivity contribution in [1.29, 1.82) is 0 Å². The van der Waals surface area contributed by atoms with Crippen LogP contribution in [0.2, 0.25) is 0 Å². The van der Waals surface area contributed by atoms with Gasteiger partial charge < -0.3 is 14.1 Å². The largest absolute Gasteiger partial charge is 0.468 e. The maximum absolute atomic E-state index is 11.5. The summed E-state index contributed by atoms with van der Waals surface area (Å²) in [5.41, 5.74) is 1.98. The van der Waals surface area contributed by atoms with Gasteiger partial charge in [0.2, 0.25) is 0 Å². The SMILES string of the molecule is COC(=O)CSc1nnc(-c2c[nH]c3ccccc23)n1Cc1ccco1. The van der Waals surface area contributed by atoms with Gasteiger partial charge in [-0.05, 0) is 18.2 Å². The van der Waals surface area contributed by atoms with E-state index in [9.17, 15) is 4.79 Å². The smallest absolute Gasteiger partial charge is 0.316 e. The van der Waals surface area contributed by atoms with Crippen LogP contribution in [-0.4, -0.2) is 38.6 Å². The van der Waals surface area contributed by atoms with Crippen molar-refractivity contribution < 1.29 is 13.9 Å². The second kappa shape index (κ2) is 7.09. The van der Waals surface area contributed by atoms with E-state index in [0.29, 0.717) is 17.5 Å². The molecule has 0 atom stereocenters. The Morgan fingerprint density at radius 2 is 2.15 bits per heavy atom. The number of aromatic amines is 1. The Morgan fingerprint density at radius 1 is 1.27 bits per heavy atom. The number of furan rings is 1. The molecule has 0 bridgehead atoms. The maximum atomic E-state index is 11.5. The number of hydrogen-bond acceptors (Lipinski definition) is 6. The quantitative estimate of drug-likeness (QED) is 0.415. The Balaban J connectivity index is 1.76. The molecule has 4 rings (SSSR count). The first kappa shape index (κ1) is 16.5. The lowest BCUT2D eigenvalue weighted by Gasteiger charge is -2.08. The van der Waals surface area contributed by atoms with Crippen LogP contribution in [0.4, 0.5) is 0 Å². The van der Waals surface area contributed by atoms with E-state index in [1.54, 1.807) is 6.26 Å². The van der Waals surface area contributed by atoms with Crippen LogP contribution in [0.1, 0.15) is 5.76 Å². The first-order valence-corrected chi connectivity index (χ1v) is 8.96. The van der Waals surface area contributed by atoms with Gasteiger partial charge in [-0.25, -0.2) is 0 Å². The number of carbonyl (C=O) groups is 1. The van der Waals surface area contributed by atoms with Crippen molar-refractivity contribution in [2.75, 3.05) is 12.9 Å². The number of methoxy groups -OCH3 is 1. The number of aromatic nitrogens is 4. The third-order valence-electron chi connectivity index (χ3n) is 3.99. The molecule has 0 fully saturated rings. The number of esters is 1. The number of fused-ring (bicyclic) bond motifs is 1. The summed E-state index contributed by atoms with van der Waals surface area (Å²) in [6.07, 6.45) is 3.55. The Kier molecular flexibility index (Phi) is 4.49. The van der Waals surface area contributed by atoms with E-state index in [1.165, 1.54) is 18.9 Å². The Bertz CT molecular complexity index is 1040. The van der Waals surface area contributed by atoms with Crippen LogP contribution in [0.25, 0.3) is 22.3 Å². The van der Waals surface area contributed by atoms with Crippen LogP contribution < -0.4 is 0 Å². The number of nitrogens with one attached hydrogen (secondary N) is 1. The van der Waals surface area contributed by atoms with E-state index in [0.717, 1.165) is 22.2 Å². The monoisotopic (exact) mass is 368 g/mol. The van der Waals surface area contributed by atoms with E-state index in [4.69, 9.17) is 9.15 Å². The van der Waals surface area contributed by atoms with Crippen molar-refractivity contribution in [3.8, 4) is 11.4 Å². The number of nitrogens with zero attached hydrogens (tertiary/aromatic N) is 3. The van der Waals surface area contributed by atoms with Crippen molar-refractivity contribution in [3.05, 3.63) is 54.6 Å². The molecule has 1 aromatic carbocycles. The van der Waals surface area contributed by atoms with Gasteiger partial charge >= 0.3 is 5.97 Å². The zero-order chi connectivity index (χ0) is 17.9. The van der Waals surface area contributed by atoms with Crippen LogP contribution in [-0.2, 0) is 16.1 Å². The fourth-order valence-corrected chi connectivity index (χ4v) is 3.50. The molecule has 132 valence electrons. The lowest BCUT2D eigenvalue weighted by molar-refractivity contribution is -0.137. The number of benzene rings is 1. The van der Waals surface area contributed by atoms with Crippen molar-refractivity contribution in [1.82, 2.24) is 19.7 Å². The highest BCUT2D eigenvalue weighted by Gasteiger charge is 2.19. The van der Waals surface area contributed by atoms with Crippen LogP contribution in [0.5, 0.6) is 0 Å². The first-order valence-electron chi connectivity index (χ1n) is 7.98. The molecule has 0 saturated heterocycles. The molecule has 8 heteroatoms. The zero-order valence-corrected chi connectivity index (χ0v) is 14.8. The number of ether oxygens (including phenoxy) is 1. The van der Waals surface area contributed by atoms with Gasteiger partial charge in [-0.2, -0.15) is 0 Å². The fourth-order valence-electron chi connectivity index (χ4n) is 2.73. The number of thioether (sulfide) groups is 1. The van der Waals surface area contributed by atoms with Gasteiger partial charge in [0.15, 0.2) is 11.0 Å². The molecule has 0 saturated carbocycles. The molecule has 3 aromatic heterocycles. The van der Waals surface area contributed by atoms with Gasteiger partial charge in [-0.1, -0.05) is 30.0 Å². The summed E-state index contributed by atoms with van der Waals surface area (Å²) in [5.74, 6) is 1.36. The van der Waals surface area contributed by atoms with E-state index >= 15 is 0 Å². The van der Waals surface area contributed by atoms with Crippen molar-refractivity contribution in [2.45, 2.75) is 11.7 Å². The molecule has 0 aliphatic carbocycles. The molecule has 3 heterocycles. The highest BCUT2D eigenvalue weighted by Crippen LogP contribution is 2.30. The minimum absolute atomic E-state index is 0.167. The Hall–Kier alpha value is -3.00. The second-order valence-corrected chi connectivity index (χ2v) is 6.53. The molecule has 0 unspecified atom stereocenters. The first-order chi connectivity index (χ1) is 12.8. The molecule has 26 heavy (non-hydrogen) atoms. The van der Waals surface area contributed by atoms with E-state index in [-0.39, 0.29) is 11.7 Å². The number of rotatable bonds is 6. The summed E-state index contributed by atoms with van der Waals surface area (Å²) in [6, 6.07) is 11.8. The molecular formula is C18H16N4O3S. The van der Waals surface area contributed by atoms with Gasteiger partial charge in [0.05, 0.1) is 25.7 Å². The highest BCUT2D eigenvalue weighted by atomic mass is 32.2. The molecule has 0 aliphatic rings. The topological polar surface area (TPSA) is 85.9 Å².